The van der Waals surface area contributed by atoms with Gasteiger partial charge < -0.3 is 4.74 Å². The van der Waals surface area contributed by atoms with Crippen LogP contribution < -0.4 is 0 Å². The molecule has 0 aromatic carbocycles. The third-order valence-electron chi connectivity index (χ3n) is 1.75. The first kappa shape index (κ1) is 19.1. The molecule has 0 amide bonds. The van der Waals surface area contributed by atoms with Crippen LogP contribution in [0.5, 0.6) is 0 Å². The number of hydrogen-bond acceptors (Lipinski definition) is 1. The predicted octanol–water partition coefficient (Wildman–Crippen LogP) is 4.97. The first-order valence-electron chi connectivity index (χ1n) is 5.60. The van der Waals surface area contributed by atoms with Gasteiger partial charge in [-0.15, -0.1) is 0 Å². The monoisotopic (exact) mass is 268 g/mol. The Balaban J connectivity index is 0. The molecular weight excluding hydrogens is 248 g/mol. The second-order valence-corrected chi connectivity index (χ2v) is 3.10. The number of halogens is 4. The van der Waals surface area contributed by atoms with Gasteiger partial charge in [0.1, 0.15) is 5.76 Å². The van der Waals surface area contributed by atoms with Gasteiger partial charge in [-0.3, -0.25) is 0 Å². The van der Waals surface area contributed by atoms with Crippen LogP contribution in [-0.4, -0.2) is 19.0 Å². The standard InChI is InChI=1S/C11H14F4O.C2H6/c1-4-6-9(8(3)5-2)16-7-11(14,15)10(12)13;1-2/h4-6,10H,2,7H2,1,3H3;1-2H3/b6-4-,9-8+;. The maximum absolute atomic E-state index is 12.6. The lowest BCUT2D eigenvalue weighted by Gasteiger charge is -2.17. The molecule has 0 unspecified atom stereocenters. The van der Waals surface area contributed by atoms with Gasteiger partial charge in [0.25, 0.3) is 0 Å². The molecule has 0 aliphatic rings. The predicted molar refractivity (Wildman–Crippen MR) is 66.0 cm³/mol. The summed E-state index contributed by atoms with van der Waals surface area (Å²) in [5.41, 5.74) is 0.503. The van der Waals surface area contributed by atoms with Crippen LogP contribution in [-0.2, 0) is 4.74 Å². The largest absolute Gasteiger partial charge is 0.487 e. The summed E-state index contributed by atoms with van der Waals surface area (Å²) < 4.78 is 53.5. The van der Waals surface area contributed by atoms with E-state index in [0.29, 0.717) is 5.57 Å². The van der Waals surface area contributed by atoms with Gasteiger partial charge in [-0.2, -0.15) is 8.78 Å². The molecule has 0 heterocycles. The van der Waals surface area contributed by atoms with Crippen LogP contribution in [0.4, 0.5) is 17.6 Å². The number of allylic oxidation sites excluding steroid dienone is 4. The van der Waals surface area contributed by atoms with Crippen LogP contribution in [0.25, 0.3) is 0 Å². The lowest BCUT2D eigenvalue weighted by atomic mass is 10.2. The molecule has 0 aromatic rings. The fourth-order valence-corrected chi connectivity index (χ4v) is 0.782. The van der Waals surface area contributed by atoms with E-state index in [1.54, 1.807) is 19.9 Å². The van der Waals surface area contributed by atoms with Gasteiger partial charge in [0.2, 0.25) is 0 Å². The van der Waals surface area contributed by atoms with Crippen LogP contribution in [0.3, 0.4) is 0 Å². The third kappa shape index (κ3) is 7.14. The molecular formula is C13H20F4O. The lowest BCUT2D eigenvalue weighted by Crippen LogP contribution is -2.32. The van der Waals surface area contributed by atoms with Gasteiger partial charge in [-0.1, -0.05) is 32.6 Å². The highest BCUT2D eigenvalue weighted by molar-refractivity contribution is 5.25. The van der Waals surface area contributed by atoms with Crippen LogP contribution in [0.2, 0.25) is 0 Å². The average molecular weight is 268 g/mol. The zero-order valence-electron chi connectivity index (χ0n) is 11.1. The molecule has 0 fully saturated rings. The molecule has 0 saturated carbocycles. The van der Waals surface area contributed by atoms with Crippen LogP contribution in [0.1, 0.15) is 27.7 Å². The van der Waals surface area contributed by atoms with Crippen molar-refractivity contribution < 1.29 is 22.3 Å². The summed E-state index contributed by atoms with van der Waals surface area (Å²) in [6.45, 7) is 9.33. The summed E-state index contributed by atoms with van der Waals surface area (Å²) in [6.07, 6.45) is 0.639. The Morgan fingerprint density at radius 3 is 2.17 bits per heavy atom. The van der Waals surface area contributed by atoms with E-state index in [9.17, 15) is 17.6 Å². The third-order valence-corrected chi connectivity index (χ3v) is 1.75. The molecule has 0 aromatic heterocycles. The smallest absolute Gasteiger partial charge is 0.340 e. The second kappa shape index (κ2) is 9.74. The number of ether oxygens (including phenoxy) is 1. The summed E-state index contributed by atoms with van der Waals surface area (Å²) in [5.74, 6) is -4.04. The fourth-order valence-electron chi connectivity index (χ4n) is 0.782. The van der Waals surface area contributed by atoms with Gasteiger partial charge in [0.05, 0.1) is 0 Å². The molecule has 0 saturated heterocycles. The molecule has 0 radical (unpaired) electrons. The van der Waals surface area contributed by atoms with Crippen molar-refractivity contribution in [1.82, 2.24) is 0 Å². The highest BCUT2D eigenvalue weighted by atomic mass is 19.3. The average Bonchev–Trinajstić information content (AvgIpc) is 2.35. The van der Waals surface area contributed by atoms with Crippen molar-refractivity contribution in [3.05, 3.63) is 36.1 Å². The van der Waals surface area contributed by atoms with E-state index in [0.717, 1.165) is 0 Å². The van der Waals surface area contributed by atoms with Crippen LogP contribution in [0, 0.1) is 0 Å². The van der Waals surface area contributed by atoms with Crippen molar-refractivity contribution in [2.45, 2.75) is 40.0 Å². The number of alkyl halides is 4. The van der Waals surface area contributed by atoms with E-state index in [-0.39, 0.29) is 5.76 Å². The topological polar surface area (TPSA) is 9.23 Å². The van der Waals surface area contributed by atoms with Gasteiger partial charge in [0, 0.05) is 0 Å². The van der Waals surface area contributed by atoms with Crippen LogP contribution >= 0.6 is 0 Å². The van der Waals surface area contributed by atoms with E-state index in [4.69, 9.17) is 0 Å². The summed E-state index contributed by atoms with van der Waals surface area (Å²) in [5, 5.41) is 0. The Kier molecular flexibility index (Phi) is 10.3. The summed E-state index contributed by atoms with van der Waals surface area (Å²) in [6, 6.07) is 0. The van der Waals surface area contributed by atoms with Crippen molar-refractivity contribution in [3.63, 3.8) is 0 Å². The van der Waals surface area contributed by atoms with Gasteiger partial charge >= 0.3 is 12.3 Å². The molecule has 18 heavy (non-hydrogen) atoms. The molecule has 0 spiro atoms. The Labute approximate surface area is 106 Å². The zero-order valence-corrected chi connectivity index (χ0v) is 11.1. The van der Waals surface area contributed by atoms with Gasteiger partial charge in [0.15, 0.2) is 6.61 Å². The summed E-state index contributed by atoms with van der Waals surface area (Å²) in [7, 11) is 0. The molecule has 0 aliphatic heterocycles. The Morgan fingerprint density at radius 2 is 1.83 bits per heavy atom. The fraction of sp³-hybridized carbons (Fsp3) is 0.538. The molecule has 0 aliphatic carbocycles. The lowest BCUT2D eigenvalue weighted by molar-refractivity contribution is -0.157. The van der Waals surface area contributed by atoms with Gasteiger partial charge in [-0.05, 0) is 25.5 Å². The maximum atomic E-state index is 12.6. The van der Waals surface area contributed by atoms with E-state index < -0.39 is 19.0 Å². The molecule has 5 heteroatoms. The highest BCUT2D eigenvalue weighted by Crippen LogP contribution is 2.24. The number of hydrogen-bond donors (Lipinski definition) is 0. The first-order valence-corrected chi connectivity index (χ1v) is 5.60. The van der Waals surface area contributed by atoms with E-state index >= 15 is 0 Å². The Hall–Kier alpha value is -1.26. The van der Waals surface area contributed by atoms with Crippen molar-refractivity contribution in [2.24, 2.45) is 0 Å². The summed E-state index contributed by atoms with van der Waals surface area (Å²) in [4.78, 5) is 0. The van der Waals surface area contributed by atoms with Crippen molar-refractivity contribution >= 4 is 0 Å². The van der Waals surface area contributed by atoms with Crippen molar-refractivity contribution in [1.29, 1.82) is 0 Å². The van der Waals surface area contributed by atoms with E-state index in [1.165, 1.54) is 12.2 Å². The molecule has 0 rings (SSSR count). The van der Waals surface area contributed by atoms with Crippen molar-refractivity contribution in [2.75, 3.05) is 6.61 Å². The Bertz CT molecular complexity index is 293. The van der Waals surface area contributed by atoms with Crippen LogP contribution in [0.15, 0.2) is 36.1 Å². The molecule has 0 bridgehead atoms. The number of rotatable bonds is 6. The zero-order chi connectivity index (χ0) is 14.8. The Morgan fingerprint density at radius 1 is 1.33 bits per heavy atom. The maximum Gasteiger partial charge on any atom is 0.340 e. The minimum Gasteiger partial charge on any atom is -0.487 e. The molecule has 0 N–H and O–H groups in total. The molecule has 106 valence electrons. The highest BCUT2D eigenvalue weighted by Gasteiger charge is 2.41. The van der Waals surface area contributed by atoms with E-state index in [2.05, 4.69) is 11.3 Å². The minimum absolute atomic E-state index is 0.109. The quantitative estimate of drug-likeness (QED) is 0.375. The second-order valence-electron chi connectivity index (χ2n) is 3.10. The normalized spacial score (nSPS) is 12.9. The minimum atomic E-state index is -4.14. The van der Waals surface area contributed by atoms with Gasteiger partial charge in [-0.25, -0.2) is 8.78 Å². The SMILES string of the molecule is C=C/C(C)=C(\C=C/C)OCC(F)(F)C(F)F.CC. The molecule has 1 nitrogen and oxygen atoms in total. The first-order chi connectivity index (χ1) is 8.35. The summed E-state index contributed by atoms with van der Waals surface area (Å²) >= 11 is 0. The molecule has 0 atom stereocenters. The van der Waals surface area contributed by atoms with E-state index in [1.807, 2.05) is 13.8 Å². The van der Waals surface area contributed by atoms with Crippen molar-refractivity contribution in [3.8, 4) is 0 Å².